The van der Waals surface area contributed by atoms with Crippen LogP contribution in [-0.2, 0) is 14.8 Å². The highest BCUT2D eigenvalue weighted by Gasteiger charge is 2.43. The summed E-state index contributed by atoms with van der Waals surface area (Å²) in [6.45, 7) is -0.325. The number of aliphatic hydroxyl groups is 1. The summed E-state index contributed by atoms with van der Waals surface area (Å²) >= 11 is 5.53. The summed E-state index contributed by atoms with van der Waals surface area (Å²) < 4.78 is 38.4. The van der Waals surface area contributed by atoms with E-state index in [0.717, 1.165) is 18.2 Å². The molecular formula is C11H11ClFNO5S. The summed E-state index contributed by atoms with van der Waals surface area (Å²) in [5.74, 6) is -2.12. The molecule has 110 valence electrons. The average molecular weight is 324 g/mol. The van der Waals surface area contributed by atoms with Crippen molar-refractivity contribution in [1.82, 2.24) is 4.31 Å². The van der Waals surface area contributed by atoms with E-state index < -0.39 is 34.0 Å². The molecule has 1 aliphatic heterocycles. The van der Waals surface area contributed by atoms with Crippen LogP contribution in [-0.4, -0.2) is 47.6 Å². The SMILES string of the molecule is O=C(O)[C@@H]1CC(O)CN1S(=O)(=O)c1ccc(F)c(Cl)c1. The number of carboxylic acids is 1. The average Bonchev–Trinajstić information content (AvgIpc) is 2.75. The highest BCUT2D eigenvalue weighted by Crippen LogP contribution is 2.28. The van der Waals surface area contributed by atoms with Crippen molar-refractivity contribution in [3.63, 3.8) is 0 Å². The largest absolute Gasteiger partial charge is 0.480 e. The van der Waals surface area contributed by atoms with Crippen molar-refractivity contribution in [2.24, 2.45) is 0 Å². The Morgan fingerprint density at radius 2 is 2.10 bits per heavy atom. The van der Waals surface area contributed by atoms with Gasteiger partial charge in [0.15, 0.2) is 0 Å². The smallest absolute Gasteiger partial charge is 0.322 e. The molecule has 1 aromatic carbocycles. The van der Waals surface area contributed by atoms with E-state index in [1.165, 1.54) is 0 Å². The monoisotopic (exact) mass is 323 g/mol. The Hall–Kier alpha value is -1.22. The number of rotatable bonds is 3. The molecule has 1 aromatic rings. The van der Waals surface area contributed by atoms with Crippen LogP contribution in [0.15, 0.2) is 23.1 Å². The Labute approximate surface area is 119 Å². The molecule has 0 aliphatic carbocycles. The zero-order valence-corrected chi connectivity index (χ0v) is 11.6. The van der Waals surface area contributed by atoms with Gasteiger partial charge in [-0.2, -0.15) is 4.31 Å². The first kappa shape index (κ1) is 15.2. The summed E-state index contributed by atoms with van der Waals surface area (Å²) in [5.41, 5.74) is 0. The summed E-state index contributed by atoms with van der Waals surface area (Å²) in [5, 5.41) is 18.1. The van der Waals surface area contributed by atoms with Crippen molar-refractivity contribution in [2.75, 3.05) is 6.54 Å². The molecule has 0 bridgehead atoms. The van der Waals surface area contributed by atoms with Crippen LogP contribution in [0.25, 0.3) is 0 Å². The standard InChI is InChI=1S/C11H11ClFNO5S/c12-8-4-7(1-2-9(8)13)20(18,19)14-5-6(15)3-10(14)11(16)17/h1-2,4,6,10,15H,3,5H2,(H,16,17)/t6?,10-/m0/s1. The fourth-order valence-corrected chi connectivity index (χ4v) is 3.95. The van der Waals surface area contributed by atoms with Crippen LogP contribution in [0.3, 0.4) is 0 Å². The summed E-state index contributed by atoms with van der Waals surface area (Å²) in [6, 6.07) is 1.45. The van der Waals surface area contributed by atoms with E-state index in [0.29, 0.717) is 4.31 Å². The number of β-amino-alcohol motifs (C(OH)–C–C–N with tert-alkyl or cyclic N) is 1. The van der Waals surface area contributed by atoms with Gasteiger partial charge in [-0.25, -0.2) is 12.8 Å². The number of nitrogens with zero attached hydrogens (tertiary/aromatic N) is 1. The number of carboxylic acid groups (broad SMARTS) is 1. The first-order valence-corrected chi connectivity index (χ1v) is 7.43. The fourth-order valence-electron chi connectivity index (χ4n) is 2.05. The second-order valence-corrected chi connectivity index (χ2v) is 6.69. The Kier molecular flexibility index (Phi) is 4.01. The van der Waals surface area contributed by atoms with Gasteiger partial charge >= 0.3 is 5.97 Å². The van der Waals surface area contributed by atoms with E-state index in [2.05, 4.69) is 0 Å². The van der Waals surface area contributed by atoms with E-state index >= 15 is 0 Å². The molecule has 2 rings (SSSR count). The van der Waals surface area contributed by atoms with Gasteiger partial charge < -0.3 is 10.2 Å². The molecule has 0 amide bonds. The van der Waals surface area contributed by atoms with Crippen LogP contribution >= 0.6 is 11.6 Å². The van der Waals surface area contributed by atoms with Gasteiger partial charge in [-0.05, 0) is 18.2 Å². The van der Waals surface area contributed by atoms with Crippen molar-refractivity contribution >= 4 is 27.6 Å². The number of halogens is 2. The van der Waals surface area contributed by atoms with Crippen molar-refractivity contribution in [3.8, 4) is 0 Å². The second-order valence-electron chi connectivity index (χ2n) is 4.39. The van der Waals surface area contributed by atoms with Crippen molar-refractivity contribution in [3.05, 3.63) is 29.0 Å². The predicted octanol–water partition coefficient (Wildman–Crippen LogP) is 0.688. The zero-order chi connectivity index (χ0) is 15.1. The molecule has 20 heavy (non-hydrogen) atoms. The molecule has 1 unspecified atom stereocenters. The lowest BCUT2D eigenvalue weighted by atomic mass is 10.2. The van der Waals surface area contributed by atoms with Gasteiger partial charge in [-0.3, -0.25) is 4.79 Å². The van der Waals surface area contributed by atoms with Gasteiger partial charge in [-0.15, -0.1) is 0 Å². The lowest BCUT2D eigenvalue weighted by Gasteiger charge is -2.20. The molecule has 1 saturated heterocycles. The maximum absolute atomic E-state index is 13.1. The number of carbonyl (C=O) groups is 1. The Morgan fingerprint density at radius 1 is 1.45 bits per heavy atom. The molecule has 2 atom stereocenters. The fraction of sp³-hybridized carbons (Fsp3) is 0.364. The minimum Gasteiger partial charge on any atom is -0.480 e. The third kappa shape index (κ3) is 2.64. The summed E-state index contributed by atoms with van der Waals surface area (Å²) in [7, 11) is -4.16. The van der Waals surface area contributed by atoms with E-state index in [1.54, 1.807) is 0 Å². The van der Waals surface area contributed by atoms with Crippen molar-refractivity contribution in [2.45, 2.75) is 23.5 Å². The minimum atomic E-state index is -4.16. The number of hydrogen-bond acceptors (Lipinski definition) is 4. The molecule has 0 aromatic heterocycles. The number of aliphatic carboxylic acids is 1. The third-order valence-electron chi connectivity index (χ3n) is 3.02. The van der Waals surface area contributed by atoms with Gasteiger partial charge in [0.2, 0.25) is 10.0 Å². The first-order chi connectivity index (χ1) is 9.23. The van der Waals surface area contributed by atoms with E-state index in [4.69, 9.17) is 16.7 Å². The van der Waals surface area contributed by atoms with Crippen LogP contribution < -0.4 is 0 Å². The van der Waals surface area contributed by atoms with Crippen LogP contribution in [0.1, 0.15) is 6.42 Å². The van der Waals surface area contributed by atoms with Crippen LogP contribution in [0.4, 0.5) is 4.39 Å². The first-order valence-electron chi connectivity index (χ1n) is 5.61. The molecule has 6 nitrogen and oxygen atoms in total. The van der Waals surface area contributed by atoms with Gasteiger partial charge in [0.1, 0.15) is 11.9 Å². The normalized spacial score (nSPS) is 23.9. The number of hydrogen-bond donors (Lipinski definition) is 2. The number of benzene rings is 1. The van der Waals surface area contributed by atoms with Crippen LogP contribution in [0.2, 0.25) is 5.02 Å². The molecule has 0 radical (unpaired) electrons. The maximum atomic E-state index is 13.1. The molecular weight excluding hydrogens is 313 g/mol. The Bertz CT molecular complexity index is 650. The minimum absolute atomic E-state index is 0.191. The van der Waals surface area contributed by atoms with Crippen LogP contribution in [0, 0.1) is 5.82 Å². The number of sulfonamides is 1. The van der Waals surface area contributed by atoms with Crippen LogP contribution in [0.5, 0.6) is 0 Å². The summed E-state index contributed by atoms with van der Waals surface area (Å²) in [4.78, 5) is 10.7. The van der Waals surface area contributed by atoms with Crippen molar-refractivity contribution < 1.29 is 27.8 Å². The molecule has 0 saturated carbocycles. The maximum Gasteiger partial charge on any atom is 0.322 e. The molecule has 1 aliphatic rings. The van der Waals surface area contributed by atoms with Gasteiger partial charge in [0, 0.05) is 13.0 Å². The molecule has 9 heteroatoms. The Balaban J connectivity index is 2.43. The summed E-state index contributed by atoms with van der Waals surface area (Å²) in [6.07, 6.45) is -1.24. The van der Waals surface area contributed by atoms with Gasteiger partial charge in [-0.1, -0.05) is 11.6 Å². The lowest BCUT2D eigenvalue weighted by Crippen LogP contribution is -2.40. The van der Waals surface area contributed by atoms with E-state index in [9.17, 15) is 22.7 Å². The second kappa shape index (κ2) is 5.28. The quantitative estimate of drug-likeness (QED) is 0.853. The van der Waals surface area contributed by atoms with Gasteiger partial charge in [0.25, 0.3) is 0 Å². The van der Waals surface area contributed by atoms with Gasteiger partial charge in [0.05, 0.1) is 16.0 Å². The molecule has 2 N–H and O–H groups in total. The zero-order valence-electron chi connectivity index (χ0n) is 10.0. The van der Waals surface area contributed by atoms with E-state index in [-0.39, 0.29) is 22.9 Å². The highest BCUT2D eigenvalue weighted by molar-refractivity contribution is 7.89. The highest BCUT2D eigenvalue weighted by atomic mass is 35.5. The third-order valence-corrected chi connectivity index (χ3v) is 5.18. The number of aliphatic hydroxyl groups excluding tert-OH is 1. The van der Waals surface area contributed by atoms with E-state index in [1.807, 2.05) is 0 Å². The predicted molar refractivity (Wildman–Crippen MR) is 67.3 cm³/mol. The Morgan fingerprint density at radius 3 is 2.65 bits per heavy atom. The van der Waals surface area contributed by atoms with Crippen molar-refractivity contribution in [1.29, 1.82) is 0 Å². The lowest BCUT2D eigenvalue weighted by molar-refractivity contribution is -0.140. The molecule has 0 spiro atoms. The topological polar surface area (TPSA) is 94.9 Å². The molecule has 1 heterocycles. The molecule has 1 fully saturated rings.